The number of carbonyl (C=O) groups excluding carboxylic acids is 1. The van der Waals surface area contributed by atoms with Gasteiger partial charge in [0.2, 0.25) is 0 Å². The van der Waals surface area contributed by atoms with Crippen LogP contribution < -0.4 is 5.32 Å². The molecule has 0 aromatic carbocycles. The summed E-state index contributed by atoms with van der Waals surface area (Å²) in [6, 6.07) is 3.05. The Labute approximate surface area is 117 Å². The van der Waals surface area contributed by atoms with Gasteiger partial charge in [0.05, 0.1) is 16.8 Å². The van der Waals surface area contributed by atoms with Crippen LogP contribution in [0.2, 0.25) is 0 Å². The van der Waals surface area contributed by atoms with E-state index in [4.69, 9.17) is 4.74 Å². The molecule has 1 fully saturated rings. The Morgan fingerprint density at radius 3 is 2.55 bits per heavy atom. The number of carboxylic acid groups (broad SMARTS) is 1. The number of nitrogens with zero attached hydrogens (tertiary/aromatic N) is 1. The molecule has 0 bridgehead atoms. The SMILES string of the molecule is CC(C)(C)OC(=O)NC1(c2ncccc2C(=O)O)CC1. The number of aromatic nitrogens is 1. The van der Waals surface area contributed by atoms with Crippen molar-refractivity contribution in [2.75, 3.05) is 0 Å². The van der Waals surface area contributed by atoms with Crippen molar-refractivity contribution >= 4 is 12.1 Å². The lowest BCUT2D eigenvalue weighted by Gasteiger charge is -2.23. The van der Waals surface area contributed by atoms with Gasteiger partial charge in [-0.05, 0) is 45.7 Å². The molecular weight excluding hydrogens is 260 g/mol. The molecule has 1 aromatic heterocycles. The van der Waals surface area contributed by atoms with Gasteiger partial charge in [0.1, 0.15) is 5.60 Å². The van der Waals surface area contributed by atoms with Gasteiger partial charge in [0.15, 0.2) is 0 Å². The maximum atomic E-state index is 11.9. The largest absolute Gasteiger partial charge is 0.478 e. The first kappa shape index (κ1) is 14.3. The minimum absolute atomic E-state index is 0.112. The van der Waals surface area contributed by atoms with Crippen LogP contribution in [0.25, 0.3) is 0 Å². The normalized spacial score (nSPS) is 16.4. The predicted molar refractivity (Wildman–Crippen MR) is 71.5 cm³/mol. The molecule has 0 saturated heterocycles. The summed E-state index contributed by atoms with van der Waals surface area (Å²) in [5.41, 5.74) is -0.809. The number of amides is 1. The minimum Gasteiger partial charge on any atom is -0.478 e. The lowest BCUT2D eigenvalue weighted by atomic mass is 10.1. The molecule has 2 rings (SSSR count). The van der Waals surface area contributed by atoms with Crippen LogP contribution in [0.1, 0.15) is 49.7 Å². The Hall–Kier alpha value is -2.11. The van der Waals surface area contributed by atoms with E-state index >= 15 is 0 Å². The van der Waals surface area contributed by atoms with Gasteiger partial charge in [0.25, 0.3) is 0 Å². The molecule has 1 heterocycles. The molecule has 108 valence electrons. The maximum Gasteiger partial charge on any atom is 0.408 e. The Morgan fingerprint density at radius 1 is 1.40 bits per heavy atom. The molecule has 0 atom stereocenters. The molecule has 0 aliphatic heterocycles. The number of pyridine rings is 1. The first-order chi connectivity index (χ1) is 9.23. The van der Waals surface area contributed by atoms with Gasteiger partial charge >= 0.3 is 12.1 Å². The van der Waals surface area contributed by atoms with Crippen molar-refractivity contribution < 1.29 is 19.4 Å². The van der Waals surface area contributed by atoms with Crippen LogP contribution in [0, 0.1) is 0 Å². The zero-order valence-corrected chi connectivity index (χ0v) is 11.8. The molecule has 0 radical (unpaired) electrons. The summed E-state index contributed by atoms with van der Waals surface area (Å²) in [5, 5.41) is 11.9. The number of aromatic carboxylic acids is 1. The maximum absolute atomic E-state index is 11.9. The van der Waals surface area contributed by atoms with Crippen molar-refractivity contribution in [3.63, 3.8) is 0 Å². The highest BCUT2D eigenvalue weighted by molar-refractivity contribution is 5.89. The van der Waals surface area contributed by atoms with Crippen LogP contribution in [0.4, 0.5) is 4.79 Å². The van der Waals surface area contributed by atoms with Crippen LogP contribution in [0.5, 0.6) is 0 Å². The molecule has 1 saturated carbocycles. The standard InChI is InChI=1S/C14H18N2O4/c1-13(2,3)20-12(19)16-14(6-7-14)10-9(11(17)18)5-4-8-15-10/h4-5,8H,6-7H2,1-3H3,(H,16,19)(H,17,18). The quantitative estimate of drug-likeness (QED) is 0.885. The number of hydrogen-bond acceptors (Lipinski definition) is 4. The Balaban J connectivity index is 2.20. The lowest BCUT2D eigenvalue weighted by molar-refractivity contribution is 0.0490. The van der Waals surface area contributed by atoms with Gasteiger partial charge in [-0.15, -0.1) is 0 Å². The molecule has 0 spiro atoms. The van der Waals surface area contributed by atoms with E-state index in [1.165, 1.54) is 12.3 Å². The number of nitrogens with one attached hydrogen (secondary N) is 1. The highest BCUT2D eigenvalue weighted by Gasteiger charge is 2.49. The van der Waals surface area contributed by atoms with Crippen LogP contribution in [0.15, 0.2) is 18.3 Å². The second-order valence-corrected chi connectivity index (χ2v) is 5.91. The van der Waals surface area contributed by atoms with Crippen molar-refractivity contribution in [1.82, 2.24) is 10.3 Å². The number of alkyl carbamates (subject to hydrolysis) is 1. The number of ether oxygens (including phenoxy) is 1. The fourth-order valence-corrected chi connectivity index (χ4v) is 2.00. The van der Waals surface area contributed by atoms with Crippen molar-refractivity contribution in [3.8, 4) is 0 Å². The van der Waals surface area contributed by atoms with E-state index in [9.17, 15) is 14.7 Å². The fraction of sp³-hybridized carbons (Fsp3) is 0.500. The third kappa shape index (κ3) is 3.07. The molecule has 1 aliphatic carbocycles. The van der Waals surface area contributed by atoms with Gasteiger partial charge in [-0.1, -0.05) is 0 Å². The second-order valence-electron chi connectivity index (χ2n) is 5.91. The Bertz CT molecular complexity index is 544. The molecule has 2 N–H and O–H groups in total. The van der Waals surface area contributed by atoms with Gasteiger partial charge in [0, 0.05) is 6.20 Å². The monoisotopic (exact) mass is 278 g/mol. The summed E-state index contributed by atoms with van der Waals surface area (Å²) < 4.78 is 5.21. The fourth-order valence-electron chi connectivity index (χ4n) is 2.00. The summed E-state index contributed by atoms with van der Waals surface area (Å²) in [6.45, 7) is 5.32. The van der Waals surface area contributed by atoms with E-state index in [2.05, 4.69) is 10.3 Å². The smallest absolute Gasteiger partial charge is 0.408 e. The average molecular weight is 278 g/mol. The number of hydrogen-bond donors (Lipinski definition) is 2. The zero-order valence-electron chi connectivity index (χ0n) is 11.8. The minimum atomic E-state index is -1.05. The van der Waals surface area contributed by atoms with Gasteiger partial charge in [-0.2, -0.15) is 0 Å². The van der Waals surface area contributed by atoms with Crippen molar-refractivity contribution in [1.29, 1.82) is 0 Å². The first-order valence-electron chi connectivity index (χ1n) is 6.43. The first-order valence-corrected chi connectivity index (χ1v) is 6.43. The zero-order chi connectivity index (χ0) is 15.0. The van der Waals surface area contributed by atoms with Gasteiger partial charge < -0.3 is 15.2 Å². The van der Waals surface area contributed by atoms with Crippen molar-refractivity contribution in [2.45, 2.75) is 44.8 Å². The van der Waals surface area contributed by atoms with E-state index in [0.29, 0.717) is 18.5 Å². The van der Waals surface area contributed by atoms with Gasteiger partial charge in [-0.25, -0.2) is 9.59 Å². The lowest BCUT2D eigenvalue weighted by Crippen LogP contribution is -2.40. The van der Waals surface area contributed by atoms with Crippen LogP contribution >= 0.6 is 0 Å². The van der Waals surface area contributed by atoms with E-state index < -0.39 is 23.2 Å². The number of carboxylic acids is 1. The molecule has 1 aliphatic rings. The van der Waals surface area contributed by atoms with E-state index in [1.807, 2.05) is 0 Å². The summed E-state index contributed by atoms with van der Waals surface area (Å²) in [7, 11) is 0. The molecular formula is C14H18N2O4. The summed E-state index contributed by atoms with van der Waals surface area (Å²) >= 11 is 0. The Kier molecular flexibility index (Phi) is 3.41. The van der Waals surface area contributed by atoms with Crippen LogP contribution in [0.3, 0.4) is 0 Å². The third-order valence-electron chi connectivity index (χ3n) is 2.98. The topological polar surface area (TPSA) is 88.5 Å². The predicted octanol–water partition coefficient (Wildman–Crippen LogP) is 2.29. The summed E-state index contributed by atoms with van der Waals surface area (Å²) in [6.07, 6.45) is 2.28. The second kappa shape index (κ2) is 4.77. The highest BCUT2D eigenvalue weighted by atomic mass is 16.6. The van der Waals surface area contributed by atoms with Crippen molar-refractivity contribution in [2.24, 2.45) is 0 Å². The number of rotatable bonds is 3. The molecule has 6 nitrogen and oxygen atoms in total. The molecule has 20 heavy (non-hydrogen) atoms. The summed E-state index contributed by atoms with van der Waals surface area (Å²) in [5.74, 6) is -1.05. The molecule has 1 amide bonds. The van der Waals surface area contributed by atoms with Crippen LogP contribution in [-0.2, 0) is 10.3 Å². The van der Waals surface area contributed by atoms with E-state index in [0.717, 1.165) is 0 Å². The van der Waals surface area contributed by atoms with E-state index in [-0.39, 0.29) is 5.56 Å². The van der Waals surface area contributed by atoms with Crippen LogP contribution in [-0.4, -0.2) is 27.8 Å². The van der Waals surface area contributed by atoms with Crippen molar-refractivity contribution in [3.05, 3.63) is 29.6 Å². The number of carbonyl (C=O) groups is 2. The third-order valence-corrected chi connectivity index (χ3v) is 2.98. The average Bonchev–Trinajstić information content (AvgIpc) is 3.07. The van der Waals surface area contributed by atoms with Gasteiger partial charge in [-0.3, -0.25) is 4.98 Å². The Morgan fingerprint density at radius 2 is 2.05 bits per heavy atom. The highest BCUT2D eigenvalue weighted by Crippen LogP contribution is 2.46. The molecule has 1 aromatic rings. The van der Waals surface area contributed by atoms with E-state index in [1.54, 1.807) is 26.8 Å². The molecule has 0 unspecified atom stereocenters. The molecule has 6 heteroatoms. The summed E-state index contributed by atoms with van der Waals surface area (Å²) in [4.78, 5) is 27.2.